The van der Waals surface area contributed by atoms with Gasteiger partial charge in [0.15, 0.2) is 5.78 Å². The van der Waals surface area contributed by atoms with Crippen molar-refractivity contribution < 1.29 is 19.1 Å². The van der Waals surface area contributed by atoms with E-state index in [0.29, 0.717) is 24.9 Å². The molecule has 2 saturated heterocycles. The van der Waals surface area contributed by atoms with Gasteiger partial charge in [0.1, 0.15) is 18.7 Å². The predicted octanol–water partition coefficient (Wildman–Crippen LogP) is 3.13. The molecular weight excluding hydrogens is 400 g/mol. The number of likely N-dealkylation sites (tertiary alicyclic amines) is 1. The lowest BCUT2D eigenvalue weighted by molar-refractivity contribution is -0.138. The molecule has 1 aromatic heterocycles. The second-order valence-electron chi connectivity index (χ2n) is 8.29. The first-order valence-corrected chi connectivity index (χ1v) is 11.2. The van der Waals surface area contributed by atoms with Crippen molar-refractivity contribution in [2.45, 2.75) is 44.9 Å². The van der Waals surface area contributed by atoms with Crippen LogP contribution in [0.4, 0.5) is 0 Å². The van der Waals surface area contributed by atoms with Gasteiger partial charge < -0.3 is 15.0 Å². The van der Waals surface area contributed by atoms with Crippen LogP contribution in [-0.2, 0) is 14.3 Å². The summed E-state index contributed by atoms with van der Waals surface area (Å²) in [5, 5.41) is 4.93. The molecule has 2 amide bonds. The number of rotatable bonds is 6. The maximum Gasteiger partial charge on any atom is 0.251 e. The number of fused-ring (bicyclic) bond motifs is 1. The third kappa shape index (κ3) is 4.18. The monoisotopic (exact) mass is 426 g/mol. The third-order valence-corrected chi connectivity index (χ3v) is 6.58. The molecule has 2 aliphatic heterocycles. The Morgan fingerprint density at radius 2 is 2.00 bits per heavy atom. The predicted molar refractivity (Wildman–Crippen MR) is 115 cm³/mol. The molecule has 0 saturated carbocycles. The Bertz CT molecular complexity index is 923. The average molecular weight is 427 g/mol. The van der Waals surface area contributed by atoms with Gasteiger partial charge in [-0.05, 0) is 47.9 Å². The zero-order chi connectivity index (χ0) is 21.3. The van der Waals surface area contributed by atoms with Crippen molar-refractivity contribution in [2.24, 2.45) is 5.92 Å². The first-order valence-electron chi connectivity index (χ1n) is 10.3. The molecule has 2 unspecified atom stereocenters. The molecule has 7 heteroatoms. The van der Waals surface area contributed by atoms with Crippen LogP contribution in [0.25, 0.3) is 10.4 Å². The molecule has 2 fully saturated rings. The molecule has 0 aliphatic carbocycles. The molecule has 3 atom stereocenters. The maximum atomic E-state index is 13.3. The fourth-order valence-electron chi connectivity index (χ4n) is 4.20. The van der Waals surface area contributed by atoms with E-state index in [2.05, 4.69) is 5.32 Å². The van der Waals surface area contributed by atoms with Crippen LogP contribution in [0, 0.1) is 5.92 Å². The molecule has 158 valence electrons. The quantitative estimate of drug-likeness (QED) is 0.770. The molecule has 6 nitrogen and oxygen atoms in total. The highest BCUT2D eigenvalue weighted by Gasteiger charge is 2.48. The van der Waals surface area contributed by atoms with Crippen molar-refractivity contribution in [1.82, 2.24) is 10.2 Å². The number of nitrogens with one attached hydrogen (secondary N) is 1. The first kappa shape index (κ1) is 20.8. The summed E-state index contributed by atoms with van der Waals surface area (Å²) in [6.07, 6.45) is 0.969. The smallest absolute Gasteiger partial charge is 0.251 e. The second kappa shape index (κ2) is 8.70. The number of hydrogen-bond acceptors (Lipinski definition) is 5. The Kier molecular flexibility index (Phi) is 6.01. The van der Waals surface area contributed by atoms with Crippen LogP contribution in [0.5, 0.6) is 0 Å². The first-order chi connectivity index (χ1) is 14.4. The highest BCUT2D eigenvalue weighted by molar-refractivity contribution is 7.13. The van der Waals surface area contributed by atoms with Crippen LogP contribution in [-0.4, -0.2) is 53.8 Å². The zero-order valence-corrected chi connectivity index (χ0v) is 18.0. The van der Waals surface area contributed by atoms with Gasteiger partial charge in [-0.1, -0.05) is 32.0 Å². The number of benzene rings is 1. The summed E-state index contributed by atoms with van der Waals surface area (Å²) < 4.78 is 5.49. The number of hydrogen-bond donors (Lipinski definition) is 1. The van der Waals surface area contributed by atoms with Gasteiger partial charge in [0.25, 0.3) is 5.91 Å². The molecule has 0 spiro atoms. The van der Waals surface area contributed by atoms with Gasteiger partial charge in [-0.3, -0.25) is 14.4 Å². The summed E-state index contributed by atoms with van der Waals surface area (Å²) in [6, 6.07) is 10.2. The highest BCUT2D eigenvalue weighted by atomic mass is 32.1. The van der Waals surface area contributed by atoms with E-state index in [1.807, 2.05) is 43.5 Å². The van der Waals surface area contributed by atoms with Gasteiger partial charge in [0.2, 0.25) is 5.91 Å². The number of ketones is 1. The minimum Gasteiger partial charge on any atom is -0.368 e. The normalized spacial score (nSPS) is 21.7. The summed E-state index contributed by atoms with van der Waals surface area (Å²) in [5.41, 5.74) is 1.57. The van der Waals surface area contributed by atoms with Crippen molar-refractivity contribution in [3.8, 4) is 10.4 Å². The van der Waals surface area contributed by atoms with Gasteiger partial charge in [0, 0.05) is 17.0 Å². The van der Waals surface area contributed by atoms with E-state index in [0.717, 1.165) is 10.4 Å². The van der Waals surface area contributed by atoms with Crippen LogP contribution in [0.2, 0.25) is 0 Å². The lowest BCUT2D eigenvalue weighted by Gasteiger charge is -2.28. The van der Waals surface area contributed by atoms with Crippen molar-refractivity contribution in [2.75, 3.05) is 13.2 Å². The molecule has 1 aromatic carbocycles. The van der Waals surface area contributed by atoms with Crippen molar-refractivity contribution >= 4 is 28.9 Å². The minimum atomic E-state index is -0.665. The van der Waals surface area contributed by atoms with E-state index in [1.165, 1.54) is 0 Å². The lowest BCUT2D eigenvalue weighted by atomic mass is 10.0. The minimum absolute atomic E-state index is 0.0513. The lowest BCUT2D eigenvalue weighted by Crippen LogP contribution is -2.52. The van der Waals surface area contributed by atoms with Crippen molar-refractivity contribution in [1.29, 1.82) is 0 Å². The number of amides is 2. The number of Topliss-reactive ketones (excluding diaryl/α,β-unsaturated/α-hetero) is 1. The molecule has 0 radical (unpaired) electrons. The Morgan fingerprint density at radius 1 is 1.23 bits per heavy atom. The standard InChI is InChI=1S/C23H26N2O4S/c1-14(2)12-17(23(28)25-10-9-19-21(25)18(26)13-29-19)24-22(27)16-7-5-15(6-8-16)20-4-3-11-30-20/h3-8,11,14,17,19,21H,9-10,12-13H2,1-2H3,(H,24,27)/t17?,19-,21?/m0/s1. The molecule has 30 heavy (non-hydrogen) atoms. The summed E-state index contributed by atoms with van der Waals surface area (Å²) in [5.74, 6) is -0.311. The number of carbonyl (C=O) groups is 3. The topological polar surface area (TPSA) is 75.7 Å². The Morgan fingerprint density at radius 3 is 2.67 bits per heavy atom. The average Bonchev–Trinajstić information content (AvgIpc) is 3.46. The van der Waals surface area contributed by atoms with Crippen molar-refractivity contribution in [3.63, 3.8) is 0 Å². The van der Waals surface area contributed by atoms with Gasteiger partial charge in [-0.2, -0.15) is 0 Å². The zero-order valence-electron chi connectivity index (χ0n) is 17.2. The summed E-state index contributed by atoms with van der Waals surface area (Å²) >= 11 is 1.64. The van der Waals surface area contributed by atoms with Crippen LogP contribution in [0.1, 0.15) is 37.0 Å². The van der Waals surface area contributed by atoms with Crippen LogP contribution in [0.15, 0.2) is 41.8 Å². The SMILES string of the molecule is CC(C)CC(NC(=O)c1ccc(-c2cccs2)cc1)C(=O)N1CC[C@@H]2OCC(=O)C21. The molecule has 4 rings (SSSR count). The van der Waals surface area contributed by atoms with E-state index < -0.39 is 12.1 Å². The third-order valence-electron chi connectivity index (χ3n) is 5.66. The van der Waals surface area contributed by atoms with Crippen LogP contribution < -0.4 is 5.32 Å². The van der Waals surface area contributed by atoms with E-state index in [4.69, 9.17) is 4.74 Å². The summed E-state index contributed by atoms with van der Waals surface area (Å²) in [4.78, 5) is 41.1. The maximum absolute atomic E-state index is 13.3. The van der Waals surface area contributed by atoms with Crippen LogP contribution >= 0.6 is 11.3 Å². The molecular formula is C23H26N2O4S. The Hall–Kier alpha value is -2.51. The van der Waals surface area contributed by atoms with E-state index >= 15 is 0 Å². The summed E-state index contributed by atoms with van der Waals surface area (Å²) in [7, 11) is 0. The van der Waals surface area contributed by atoms with E-state index in [-0.39, 0.29) is 36.2 Å². The van der Waals surface area contributed by atoms with Crippen molar-refractivity contribution in [3.05, 3.63) is 47.3 Å². The molecule has 0 bridgehead atoms. The van der Waals surface area contributed by atoms with Gasteiger partial charge >= 0.3 is 0 Å². The van der Waals surface area contributed by atoms with Gasteiger partial charge in [-0.25, -0.2) is 0 Å². The molecule has 1 N–H and O–H groups in total. The Labute approximate surface area is 180 Å². The Balaban J connectivity index is 1.48. The second-order valence-corrected chi connectivity index (χ2v) is 9.24. The van der Waals surface area contributed by atoms with E-state index in [1.54, 1.807) is 28.4 Å². The number of thiophene rings is 1. The fraction of sp³-hybridized carbons (Fsp3) is 0.435. The molecule has 2 aromatic rings. The fourth-order valence-corrected chi connectivity index (χ4v) is 4.94. The number of ether oxygens (including phenoxy) is 1. The van der Waals surface area contributed by atoms with Crippen LogP contribution in [0.3, 0.4) is 0 Å². The molecule has 3 heterocycles. The van der Waals surface area contributed by atoms with Gasteiger partial charge in [0.05, 0.1) is 6.10 Å². The highest BCUT2D eigenvalue weighted by Crippen LogP contribution is 2.28. The van der Waals surface area contributed by atoms with Gasteiger partial charge in [-0.15, -0.1) is 11.3 Å². The largest absolute Gasteiger partial charge is 0.368 e. The number of nitrogens with zero attached hydrogens (tertiary/aromatic N) is 1. The van der Waals surface area contributed by atoms with E-state index in [9.17, 15) is 14.4 Å². The number of carbonyl (C=O) groups excluding carboxylic acids is 3. The molecule has 2 aliphatic rings. The summed E-state index contributed by atoms with van der Waals surface area (Å²) in [6.45, 7) is 4.58.